The molecule has 4 aromatic rings. The molecule has 114 valence electrons. The Labute approximate surface area is 137 Å². The minimum Gasteiger partial charge on any atom is -0.430 e. The van der Waals surface area contributed by atoms with E-state index in [0.29, 0.717) is 28.8 Å². The largest absolute Gasteiger partial charge is 0.430 e. The zero-order valence-electron chi connectivity index (χ0n) is 12.5. The Bertz CT molecular complexity index is 1040. The quantitative estimate of drug-likeness (QED) is 0.456. The molecule has 0 aliphatic carbocycles. The Morgan fingerprint density at radius 2 is 1.50 bits per heavy atom. The van der Waals surface area contributed by atoms with Gasteiger partial charge in [0.05, 0.1) is 0 Å². The van der Waals surface area contributed by atoms with E-state index in [4.69, 9.17) is 9.68 Å². The maximum absolute atomic E-state index is 8.98. The molecule has 24 heavy (non-hydrogen) atoms. The number of benzene rings is 2. The maximum atomic E-state index is 8.98. The summed E-state index contributed by atoms with van der Waals surface area (Å²) < 4.78 is 5.78. The van der Waals surface area contributed by atoms with Gasteiger partial charge in [-0.3, -0.25) is 5.32 Å². The normalized spacial score (nSPS) is 10.5. The van der Waals surface area contributed by atoms with Crippen LogP contribution in [0.5, 0.6) is 0 Å². The van der Waals surface area contributed by atoms with Crippen LogP contribution in [0.1, 0.15) is 0 Å². The zero-order chi connectivity index (χ0) is 16.4. The highest BCUT2D eigenvalue weighted by atomic mass is 16.3. The lowest BCUT2D eigenvalue weighted by molar-refractivity contribution is 0.619. The van der Waals surface area contributed by atoms with Gasteiger partial charge in [-0.1, -0.05) is 48.5 Å². The van der Waals surface area contributed by atoms with Crippen molar-refractivity contribution in [2.24, 2.45) is 0 Å². The first-order valence-corrected chi connectivity index (χ1v) is 7.29. The minimum atomic E-state index is 0.302. The Hall–Kier alpha value is -3.72. The Balaban J connectivity index is 1.92. The van der Waals surface area contributed by atoms with E-state index < -0.39 is 0 Å². The number of aromatic nitrogens is 3. The molecule has 6 heteroatoms. The number of nitriles is 1. The van der Waals surface area contributed by atoms with Gasteiger partial charge < -0.3 is 4.42 Å². The average Bonchev–Trinajstić information content (AvgIpc) is 3.08. The van der Waals surface area contributed by atoms with E-state index in [0.717, 1.165) is 11.1 Å². The molecule has 0 amide bonds. The number of fused-ring (bicyclic) bond motifs is 1. The molecule has 2 aromatic heterocycles. The van der Waals surface area contributed by atoms with Crippen LogP contribution in [0.25, 0.3) is 34.1 Å². The monoisotopic (exact) mass is 313 g/mol. The average molecular weight is 313 g/mol. The second-order valence-electron chi connectivity index (χ2n) is 5.04. The first kappa shape index (κ1) is 13.9. The molecular weight excluding hydrogens is 302 g/mol. The number of hydrogen-bond acceptors (Lipinski definition) is 6. The van der Waals surface area contributed by atoms with Crippen LogP contribution in [0.3, 0.4) is 0 Å². The zero-order valence-corrected chi connectivity index (χ0v) is 12.5. The molecule has 2 aromatic carbocycles. The number of oxazole rings is 1. The molecular formula is C18H11N5O. The van der Waals surface area contributed by atoms with Crippen molar-refractivity contribution in [2.45, 2.75) is 0 Å². The first-order valence-electron chi connectivity index (χ1n) is 7.29. The van der Waals surface area contributed by atoms with Gasteiger partial charge in [-0.2, -0.15) is 10.2 Å². The van der Waals surface area contributed by atoms with Crippen LogP contribution >= 0.6 is 0 Å². The van der Waals surface area contributed by atoms with Gasteiger partial charge in [0.1, 0.15) is 0 Å². The molecule has 2 heterocycles. The lowest BCUT2D eigenvalue weighted by Crippen LogP contribution is -1.97. The summed E-state index contributed by atoms with van der Waals surface area (Å²) in [5.74, 6) is 1.22. The molecule has 0 unspecified atom stereocenters. The summed E-state index contributed by atoms with van der Waals surface area (Å²) in [6.07, 6.45) is 1.88. The second-order valence-corrected chi connectivity index (χ2v) is 5.04. The van der Waals surface area contributed by atoms with E-state index in [9.17, 15) is 0 Å². The van der Waals surface area contributed by atoms with E-state index in [1.54, 1.807) is 0 Å². The summed E-state index contributed by atoms with van der Waals surface area (Å²) in [6, 6.07) is 19.0. The van der Waals surface area contributed by atoms with E-state index >= 15 is 0 Å². The van der Waals surface area contributed by atoms with Crippen molar-refractivity contribution in [3.05, 3.63) is 60.7 Å². The van der Waals surface area contributed by atoms with Crippen LogP contribution in [0, 0.1) is 11.5 Å². The van der Waals surface area contributed by atoms with E-state index in [-0.39, 0.29) is 0 Å². The predicted octanol–water partition coefficient (Wildman–Crippen LogP) is 3.84. The van der Waals surface area contributed by atoms with Crippen LogP contribution in [0.2, 0.25) is 0 Å². The molecule has 4 rings (SSSR count). The predicted molar refractivity (Wildman–Crippen MR) is 89.7 cm³/mol. The molecule has 0 radical (unpaired) electrons. The number of anilines is 1. The Kier molecular flexibility index (Phi) is 3.37. The van der Waals surface area contributed by atoms with Crippen molar-refractivity contribution in [1.82, 2.24) is 15.0 Å². The fourth-order valence-electron chi connectivity index (χ4n) is 2.38. The molecule has 1 N–H and O–H groups in total. The lowest BCUT2D eigenvalue weighted by Gasteiger charge is -2.02. The van der Waals surface area contributed by atoms with Crippen molar-refractivity contribution in [3.8, 4) is 29.0 Å². The Morgan fingerprint density at radius 3 is 2.17 bits per heavy atom. The lowest BCUT2D eigenvalue weighted by atomic mass is 10.2. The highest BCUT2D eigenvalue weighted by molar-refractivity contribution is 5.85. The van der Waals surface area contributed by atoms with Crippen molar-refractivity contribution < 1.29 is 4.42 Å². The van der Waals surface area contributed by atoms with Gasteiger partial charge in [0.15, 0.2) is 17.8 Å². The number of nitrogens with one attached hydrogen (secondary N) is 1. The molecule has 0 saturated heterocycles. The summed E-state index contributed by atoms with van der Waals surface area (Å²) in [6.45, 7) is 0. The van der Waals surface area contributed by atoms with Crippen LogP contribution in [0.4, 0.5) is 5.82 Å². The molecule has 0 saturated carbocycles. The fraction of sp³-hybridized carbons (Fsp3) is 0. The van der Waals surface area contributed by atoms with Crippen molar-refractivity contribution in [1.29, 1.82) is 5.26 Å². The van der Waals surface area contributed by atoms with E-state index in [2.05, 4.69) is 20.3 Å². The standard InChI is InChI=1S/C18H11N5O/c19-11-20-16-14-17(22-15(21-16)12-7-3-1-4-8-12)23-18(24-14)13-9-5-2-6-10-13/h1-10H,(H,20,21,22). The van der Waals surface area contributed by atoms with Crippen LogP contribution < -0.4 is 5.32 Å². The SMILES string of the molecule is N#CNc1nc(-c2ccccc2)nc2nc(-c3ccccc3)oc12. The smallest absolute Gasteiger partial charge is 0.229 e. The number of hydrogen-bond donors (Lipinski definition) is 1. The van der Waals surface area contributed by atoms with Gasteiger partial charge >= 0.3 is 0 Å². The van der Waals surface area contributed by atoms with Crippen molar-refractivity contribution in [3.63, 3.8) is 0 Å². The first-order chi connectivity index (χ1) is 11.8. The second kappa shape index (κ2) is 5.82. The van der Waals surface area contributed by atoms with Crippen LogP contribution in [-0.2, 0) is 0 Å². The van der Waals surface area contributed by atoms with Gasteiger partial charge in [-0.25, -0.2) is 9.97 Å². The minimum absolute atomic E-state index is 0.302. The molecule has 6 nitrogen and oxygen atoms in total. The molecule has 0 aliphatic rings. The fourth-order valence-corrected chi connectivity index (χ4v) is 2.38. The molecule has 0 fully saturated rings. The summed E-state index contributed by atoms with van der Waals surface area (Å²) in [5, 5.41) is 11.5. The third-order valence-corrected chi connectivity index (χ3v) is 3.48. The van der Waals surface area contributed by atoms with Crippen LogP contribution in [-0.4, -0.2) is 15.0 Å². The summed E-state index contributed by atoms with van der Waals surface area (Å²) in [5.41, 5.74) is 2.43. The maximum Gasteiger partial charge on any atom is 0.229 e. The topological polar surface area (TPSA) is 87.6 Å². The molecule has 0 aliphatic heterocycles. The van der Waals surface area contributed by atoms with Gasteiger partial charge in [0, 0.05) is 11.1 Å². The van der Waals surface area contributed by atoms with Gasteiger partial charge in [0.2, 0.25) is 17.1 Å². The summed E-state index contributed by atoms with van der Waals surface area (Å²) in [7, 11) is 0. The number of rotatable bonds is 3. The van der Waals surface area contributed by atoms with E-state index in [1.165, 1.54) is 0 Å². The highest BCUT2D eigenvalue weighted by Gasteiger charge is 2.16. The van der Waals surface area contributed by atoms with Gasteiger partial charge in [-0.05, 0) is 12.1 Å². The summed E-state index contributed by atoms with van der Waals surface area (Å²) >= 11 is 0. The van der Waals surface area contributed by atoms with E-state index in [1.807, 2.05) is 66.9 Å². The van der Waals surface area contributed by atoms with Gasteiger partial charge in [-0.15, -0.1) is 0 Å². The number of nitrogens with zero attached hydrogens (tertiary/aromatic N) is 4. The van der Waals surface area contributed by atoms with Crippen molar-refractivity contribution in [2.75, 3.05) is 5.32 Å². The molecule has 0 spiro atoms. The summed E-state index contributed by atoms with van der Waals surface area (Å²) in [4.78, 5) is 13.3. The third kappa shape index (κ3) is 2.44. The molecule has 0 bridgehead atoms. The van der Waals surface area contributed by atoms with Crippen molar-refractivity contribution >= 4 is 17.0 Å². The van der Waals surface area contributed by atoms with Crippen LogP contribution in [0.15, 0.2) is 65.1 Å². The highest BCUT2D eigenvalue weighted by Crippen LogP contribution is 2.29. The Morgan fingerprint density at radius 1 is 0.833 bits per heavy atom. The third-order valence-electron chi connectivity index (χ3n) is 3.48. The molecule has 0 atom stereocenters. The van der Waals surface area contributed by atoms with Gasteiger partial charge in [0.25, 0.3) is 0 Å².